The van der Waals surface area contributed by atoms with Gasteiger partial charge in [-0.1, -0.05) is 0 Å². The van der Waals surface area contributed by atoms with E-state index in [9.17, 15) is 4.39 Å². The van der Waals surface area contributed by atoms with Crippen molar-refractivity contribution in [3.63, 3.8) is 0 Å². The zero-order chi connectivity index (χ0) is 8.97. The Morgan fingerprint density at radius 3 is 2.00 bits per heavy atom. The second kappa shape index (κ2) is 4.15. The standard InChI is InChI=1S/C11H14F/c1-3-9(4-2)10-5-7-11(12)8-6-10/h5-8H,3-4H2,1-2H3/q+1. The fourth-order valence-electron chi connectivity index (χ4n) is 1.34. The van der Waals surface area contributed by atoms with Crippen LogP contribution in [-0.4, -0.2) is 0 Å². The first-order valence-corrected chi connectivity index (χ1v) is 4.38. The van der Waals surface area contributed by atoms with E-state index in [1.165, 1.54) is 23.6 Å². The van der Waals surface area contributed by atoms with Crippen molar-refractivity contribution < 1.29 is 4.39 Å². The number of benzene rings is 1. The van der Waals surface area contributed by atoms with Gasteiger partial charge in [0.1, 0.15) is 11.4 Å². The van der Waals surface area contributed by atoms with Crippen molar-refractivity contribution in [3.8, 4) is 0 Å². The molecule has 0 spiro atoms. The lowest BCUT2D eigenvalue weighted by molar-refractivity contribution is 0.627. The van der Waals surface area contributed by atoms with Crippen LogP contribution in [0.25, 0.3) is 0 Å². The molecule has 0 atom stereocenters. The Balaban J connectivity index is 2.80. The molecule has 0 saturated carbocycles. The third kappa shape index (κ3) is 2.00. The lowest BCUT2D eigenvalue weighted by Crippen LogP contribution is -1.95. The summed E-state index contributed by atoms with van der Waals surface area (Å²) in [5.41, 5.74) is 1.17. The van der Waals surface area contributed by atoms with Gasteiger partial charge in [0.25, 0.3) is 0 Å². The Morgan fingerprint density at radius 2 is 1.58 bits per heavy atom. The van der Waals surface area contributed by atoms with Gasteiger partial charge in [-0.25, -0.2) is 4.39 Å². The maximum atomic E-state index is 12.5. The largest absolute Gasteiger partial charge is 0.204 e. The lowest BCUT2D eigenvalue weighted by atomic mass is 9.94. The minimum atomic E-state index is -0.162. The highest BCUT2D eigenvalue weighted by Crippen LogP contribution is 2.21. The molecule has 0 amide bonds. The summed E-state index contributed by atoms with van der Waals surface area (Å²) in [5.74, 6) is 1.22. The average Bonchev–Trinajstić information content (AvgIpc) is 2.10. The van der Waals surface area contributed by atoms with Crippen molar-refractivity contribution >= 4 is 0 Å². The van der Waals surface area contributed by atoms with Crippen LogP contribution in [0.1, 0.15) is 32.3 Å². The van der Waals surface area contributed by atoms with E-state index in [-0.39, 0.29) is 5.82 Å². The molecule has 1 rings (SSSR count). The summed E-state index contributed by atoms with van der Waals surface area (Å²) < 4.78 is 12.5. The summed E-state index contributed by atoms with van der Waals surface area (Å²) in [6.45, 7) is 4.25. The summed E-state index contributed by atoms with van der Waals surface area (Å²) in [5, 5.41) is 0. The quantitative estimate of drug-likeness (QED) is 0.601. The van der Waals surface area contributed by atoms with Crippen LogP contribution in [0.2, 0.25) is 0 Å². The van der Waals surface area contributed by atoms with E-state index in [1.54, 1.807) is 0 Å². The first kappa shape index (κ1) is 9.11. The van der Waals surface area contributed by atoms with Crippen LogP contribution in [0.4, 0.5) is 4.39 Å². The Hall–Kier alpha value is -0.980. The summed E-state index contributed by atoms with van der Waals surface area (Å²) >= 11 is 0. The van der Waals surface area contributed by atoms with Crippen molar-refractivity contribution in [1.82, 2.24) is 0 Å². The highest BCUT2D eigenvalue weighted by Gasteiger charge is 2.13. The van der Waals surface area contributed by atoms with Crippen molar-refractivity contribution in [2.24, 2.45) is 0 Å². The molecule has 1 aromatic rings. The molecule has 0 aromatic heterocycles. The minimum absolute atomic E-state index is 0.162. The van der Waals surface area contributed by atoms with Crippen LogP contribution in [0.3, 0.4) is 0 Å². The number of rotatable bonds is 3. The SMILES string of the molecule is CC[C+](CC)c1ccc(F)cc1. The Kier molecular flexibility index (Phi) is 3.15. The first-order valence-electron chi connectivity index (χ1n) is 4.38. The number of hydrogen-bond donors (Lipinski definition) is 0. The molecule has 0 radical (unpaired) electrons. The molecule has 1 heteroatoms. The van der Waals surface area contributed by atoms with Gasteiger partial charge in [0.2, 0.25) is 0 Å². The fraction of sp³-hybridized carbons (Fsp3) is 0.364. The van der Waals surface area contributed by atoms with Gasteiger partial charge in [-0.2, -0.15) is 0 Å². The number of hydrogen-bond acceptors (Lipinski definition) is 0. The zero-order valence-electron chi connectivity index (χ0n) is 7.60. The van der Waals surface area contributed by atoms with E-state index < -0.39 is 0 Å². The summed E-state index contributed by atoms with van der Waals surface area (Å²) in [4.78, 5) is 0. The predicted molar refractivity (Wildman–Crippen MR) is 49.3 cm³/mol. The molecule has 0 N–H and O–H groups in total. The zero-order valence-corrected chi connectivity index (χ0v) is 7.60. The Bertz CT molecular complexity index is 221. The molecule has 0 saturated heterocycles. The van der Waals surface area contributed by atoms with Gasteiger partial charge in [0.05, 0.1) is 0 Å². The van der Waals surface area contributed by atoms with Gasteiger partial charge in [-0.15, -0.1) is 0 Å². The lowest BCUT2D eigenvalue weighted by Gasteiger charge is -2.03. The highest BCUT2D eigenvalue weighted by molar-refractivity contribution is 5.30. The Morgan fingerprint density at radius 1 is 1.08 bits per heavy atom. The molecule has 0 aliphatic carbocycles. The number of halogens is 1. The molecule has 0 fully saturated rings. The van der Waals surface area contributed by atoms with E-state index in [4.69, 9.17) is 0 Å². The maximum absolute atomic E-state index is 12.5. The minimum Gasteiger partial charge on any atom is -0.204 e. The summed E-state index contributed by atoms with van der Waals surface area (Å²) in [7, 11) is 0. The van der Waals surface area contributed by atoms with Gasteiger partial charge >= 0.3 is 0 Å². The molecule has 0 aliphatic rings. The van der Waals surface area contributed by atoms with Gasteiger partial charge in [-0.3, -0.25) is 0 Å². The molecule has 64 valence electrons. The van der Waals surface area contributed by atoms with Crippen molar-refractivity contribution in [2.45, 2.75) is 26.7 Å². The second-order valence-corrected chi connectivity index (χ2v) is 2.82. The van der Waals surface area contributed by atoms with Gasteiger partial charge in [0.15, 0.2) is 0 Å². The van der Waals surface area contributed by atoms with E-state index in [1.807, 2.05) is 12.1 Å². The van der Waals surface area contributed by atoms with E-state index in [0.717, 1.165) is 12.8 Å². The summed E-state index contributed by atoms with van der Waals surface area (Å²) in [6.07, 6.45) is 2.09. The van der Waals surface area contributed by atoms with Crippen molar-refractivity contribution in [3.05, 3.63) is 41.6 Å². The van der Waals surface area contributed by atoms with E-state index in [0.29, 0.717) is 0 Å². The van der Waals surface area contributed by atoms with Crippen LogP contribution in [0, 0.1) is 11.7 Å². The third-order valence-electron chi connectivity index (χ3n) is 2.11. The second-order valence-electron chi connectivity index (χ2n) is 2.82. The van der Waals surface area contributed by atoms with Crippen LogP contribution < -0.4 is 0 Å². The van der Waals surface area contributed by atoms with Crippen molar-refractivity contribution in [1.29, 1.82) is 0 Å². The van der Waals surface area contributed by atoms with Crippen LogP contribution in [0.15, 0.2) is 24.3 Å². The molecular formula is C11H14F+. The molecule has 0 bridgehead atoms. The molecule has 1 aromatic carbocycles. The third-order valence-corrected chi connectivity index (χ3v) is 2.11. The summed E-state index contributed by atoms with van der Waals surface area (Å²) in [6, 6.07) is 6.72. The fourth-order valence-corrected chi connectivity index (χ4v) is 1.34. The molecule has 12 heavy (non-hydrogen) atoms. The van der Waals surface area contributed by atoms with Gasteiger partial charge in [-0.05, 0) is 13.8 Å². The topological polar surface area (TPSA) is 0 Å². The van der Waals surface area contributed by atoms with Crippen LogP contribution in [-0.2, 0) is 0 Å². The van der Waals surface area contributed by atoms with Gasteiger partial charge in [0, 0.05) is 43.0 Å². The smallest absolute Gasteiger partial charge is 0.149 e. The van der Waals surface area contributed by atoms with Crippen LogP contribution >= 0.6 is 0 Å². The first-order chi connectivity index (χ1) is 5.77. The predicted octanol–water partition coefficient (Wildman–Crippen LogP) is 3.57. The highest BCUT2D eigenvalue weighted by atomic mass is 19.1. The molecule has 0 aliphatic heterocycles. The van der Waals surface area contributed by atoms with Crippen LogP contribution in [0.5, 0.6) is 0 Å². The maximum Gasteiger partial charge on any atom is 0.149 e. The average molecular weight is 165 g/mol. The van der Waals surface area contributed by atoms with Crippen molar-refractivity contribution in [2.75, 3.05) is 0 Å². The molecule has 0 nitrogen and oxygen atoms in total. The van der Waals surface area contributed by atoms with Gasteiger partial charge < -0.3 is 0 Å². The molecule has 0 unspecified atom stereocenters. The normalized spacial score (nSPS) is 9.92. The molecule has 0 heterocycles. The Labute approximate surface area is 73.4 Å². The van der Waals surface area contributed by atoms with E-state index in [2.05, 4.69) is 13.8 Å². The van der Waals surface area contributed by atoms with E-state index >= 15 is 0 Å². The molecular weight excluding hydrogens is 151 g/mol. The monoisotopic (exact) mass is 165 g/mol.